The summed E-state index contributed by atoms with van der Waals surface area (Å²) in [6.07, 6.45) is -0.736. The van der Waals surface area contributed by atoms with E-state index in [1.54, 1.807) is 32.4 Å². The highest BCUT2D eigenvalue weighted by molar-refractivity contribution is 5.43. The van der Waals surface area contributed by atoms with Crippen molar-refractivity contribution < 1.29 is 14.6 Å². The molecule has 0 aliphatic rings. The van der Waals surface area contributed by atoms with Gasteiger partial charge in [-0.05, 0) is 24.6 Å². The second kappa shape index (κ2) is 4.14. The van der Waals surface area contributed by atoms with Gasteiger partial charge in [-0.2, -0.15) is 0 Å². The zero-order valence-electron chi connectivity index (χ0n) is 7.78. The fourth-order valence-corrected chi connectivity index (χ4v) is 1.06. The zero-order chi connectivity index (χ0) is 9.84. The molecule has 1 atom stereocenters. The van der Waals surface area contributed by atoms with Crippen LogP contribution in [0.15, 0.2) is 18.2 Å². The SMILES string of the molecule is [CH2]C(O)c1ccc(OC)c(OC)c1. The van der Waals surface area contributed by atoms with Crippen molar-refractivity contribution in [3.63, 3.8) is 0 Å². The third-order valence-corrected chi connectivity index (χ3v) is 1.79. The van der Waals surface area contributed by atoms with Crippen LogP contribution < -0.4 is 9.47 Å². The molecule has 1 aromatic carbocycles. The van der Waals surface area contributed by atoms with Gasteiger partial charge in [0.25, 0.3) is 0 Å². The van der Waals surface area contributed by atoms with Gasteiger partial charge < -0.3 is 14.6 Å². The largest absolute Gasteiger partial charge is 0.493 e. The van der Waals surface area contributed by atoms with E-state index in [4.69, 9.17) is 9.47 Å². The summed E-state index contributed by atoms with van der Waals surface area (Å²) in [7, 11) is 3.12. The number of benzene rings is 1. The molecule has 0 saturated heterocycles. The lowest BCUT2D eigenvalue weighted by Gasteiger charge is -2.10. The molecule has 3 nitrogen and oxygen atoms in total. The maximum absolute atomic E-state index is 9.20. The Labute approximate surface area is 77.9 Å². The number of aliphatic hydroxyl groups excluding tert-OH is 1. The monoisotopic (exact) mass is 181 g/mol. The molecule has 0 aromatic heterocycles. The molecule has 0 spiro atoms. The fraction of sp³-hybridized carbons (Fsp3) is 0.300. The molecule has 0 saturated carbocycles. The first kappa shape index (κ1) is 9.86. The first-order valence-corrected chi connectivity index (χ1v) is 3.92. The molecule has 0 heterocycles. The number of aliphatic hydroxyl groups is 1. The number of hydrogen-bond donors (Lipinski definition) is 1. The summed E-state index contributed by atoms with van der Waals surface area (Å²) in [5.74, 6) is 1.25. The fourth-order valence-electron chi connectivity index (χ4n) is 1.06. The van der Waals surface area contributed by atoms with Crippen LogP contribution in [-0.2, 0) is 0 Å². The Morgan fingerprint density at radius 1 is 1.23 bits per heavy atom. The molecule has 3 heteroatoms. The van der Waals surface area contributed by atoms with E-state index in [0.29, 0.717) is 17.1 Å². The normalized spacial score (nSPS) is 12.3. The number of methoxy groups -OCH3 is 2. The molecule has 0 bridgehead atoms. The number of ether oxygens (including phenoxy) is 2. The maximum Gasteiger partial charge on any atom is 0.161 e. The quantitative estimate of drug-likeness (QED) is 0.769. The van der Waals surface area contributed by atoms with Crippen molar-refractivity contribution in [3.8, 4) is 11.5 Å². The van der Waals surface area contributed by atoms with Crippen LogP contribution in [0.25, 0.3) is 0 Å². The smallest absolute Gasteiger partial charge is 0.161 e. The minimum absolute atomic E-state index is 0.600. The lowest BCUT2D eigenvalue weighted by molar-refractivity contribution is 0.225. The Morgan fingerprint density at radius 2 is 1.85 bits per heavy atom. The van der Waals surface area contributed by atoms with Crippen molar-refractivity contribution in [1.29, 1.82) is 0 Å². The van der Waals surface area contributed by atoms with Crippen molar-refractivity contribution in [2.75, 3.05) is 14.2 Å². The minimum atomic E-state index is -0.736. The average molecular weight is 181 g/mol. The Kier molecular flexibility index (Phi) is 3.14. The molecular weight excluding hydrogens is 168 g/mol. The molecule has 13 heavy (non-hydrogen) atoms. The van der Waals surface area contributed by atoms with Crippen molar-refractivity contribution in [2.24, 2.45) is 0 Å². The first-order valence-electron chi connectivity index (χ1n) is 3.92. The van der Waals surface area contributed by atoms with Crippen LogP contribution in [0.2, 0.25) is 0 Å². The molecule has 1 aromatic rings. The summed E-state index contributed by atoms with van der Waals surface area (Å²) in [5.41, 5.74) is 0.706. The van der Waals surface area contributed by atoms with Crippen LogP contribution in [-0.4, -0.2) is 19.3 Å². The second-order valence-corrected chi connectivity index (χ2v) is 2.63. The topological polar surface area (TPSA) is 38.7 Å². The average Bonchev–Trinajstić information content (AvgIpc) is 2.16. The molecule has 71 valence electrons. The van der Waals surface area contributed by atoms with Gasteiger partial charge >= 0.3 is 0 Å². The lowest BCUT2D eigenvalue weighted by Crippen LogP contribution is -1.95. The van der Waals surface area contributed by atoms with E-state index in [0.717, 1.165) is 0 Å². The molecule has 1 unspecified atom stereocenters. The van der Waals surface area contributed by atoms with Crippen molar-refractivity contribution >= 4 is 0 Å². The van der Waals surface area contributed by atoms with Crippen LogP contribution in [0.5, 0.6) is 11.5 Å². The molecule has 0 aliphatic heterocycles. The summed E-state index contributed by atoms with van der Waals surface area (Å²) >= 11 is 0. The third kappa shape index (κ3) is 2.12. The summed E-state index contributed by atoms with van der Waals surface area (Å²) < 4.78 is 10.1. The third-order valence-electron chi connectivity index (χ3n) is 1.79. The second-order valence-electron chi connectivity index (χ2n) is 2.63. The predicted molar refractivity (Wildman–Crippen MR) is 49.9 cm³/mol. The van der Waals surface area contributed by atoms with E-state index in [2.05, 4.69) is 6.92 Å². The Bertz CT molecular complexity index is 281. The van der Waals surface area contributed by atoms with Gasteiger partial charge in [0.15, 0.2) is 11.5 Å². The molecule has 0 fully saturated rings. The minimum Gasteiger partial charge on any atom is -0.493 e. The van der Waals surface area contributed by atoms with Gasteiger partial charge in [-0.3, -0.25) is 0 Å². The van der Waals surface area contributed by atoms with E-state index >= 15 is 0 Å². The summed E-state index contributed by atoms with van der Waals surface area (Å²) in [6, 6.07) is 5.19. The summed E-state index contributed by atoms with van der Waals surface area (Å²) in [6.45, 7) is 3.50. The number of rotatable bonds is 3. The Balaban J connectivity index is 3.05. The molecule has 1 N–H and O–H groups in total. The van der Waals surface area contributed by atoms with Crippen LogP contribution in [0.3, 0.4) is 0 Å². The van der Waals surface area contributed by atoms with Crippen molar-refractivity contribution in [1.82, 2.24) is 0 Å². The van der Waals surface area contributed by atoms with Gasteiger partial charge in [-0.25, -0.2) is 0 Å². The molecule has 0 aliphatic carbocycles. The molecule has 1 rings (SSSR count). The summed E-state index contributed by atoms with van der Waals surface area (Å²) in [4.78, 5) is 0. The van der Waals surface area contributed by atoms with Crippen LogP contribution >= 0.6 is 0 Å². The first-order chi connectivity index (χ1) is 6.19. The maximum atomic E-state index is 9.20. The van der Waals surface area contributed by atoms with Crippen molar-refractivity contribution in [3.05, 3.63) is 30.7 Å². The van der Waals surface area contributed by atoms with Gasteiger partial charge in [0, 0.05) is 0 Å². The van der Waals surface area contributed by atoms with E-state index < -0.39 is 6.10 Å². The summed E-state index contributed by atoms with van der Waals surface area (Å²) in [5, 5.41) is 9.20. The Morgan fingerprint density at radius 3 is 2.31 bits per heavy atom. The van der Waals surface area contributed by atoms with Gasteiger partial charge in [-0.1, -0.05) is 6.07 Å². The van der Waals surface area contributed by atoms with Gasteiger partial charge in [-0.15, -0.1) is 0 Å². The molecule has 0 amide bonds. The predicted octanol–water partition coefficient (Wildman–Crippen LogP) is 1.57. The van der Waals surface area contributed by atoms with E-state index in [-0.39, 0.29) is 0 Å². The van der Waals surface area contributed by atoms with E-state index in [1.807, 2.05) is 0 Å². The van der Waals surface area contributed by atoms with E-state index in [9.17, 15) is 5.11 Å². The molecule has 1 radical (unpaired) electrons. The van der Waals surface area contributed by atoms with Crippen LogP contribution in [0, 0.1) is 6.92 Å². The Hall–Kier alpha value is -1.22. The van der Waals surface area contributed by atoms with Crippen molar-refractivity contribution in [2.45, 2.75) is 6.10 Å². The zero-order valence-corrected chi connectivity index (χ0v) is 7.78. The van der Waals surface area contributed by atoms with Crippen LogP contribution in [0.1, 0.15) is 11.7 Å². The molecular formula is C10H13O3. The highest BCUT2D eigenvalue weighted by atomic mass is 16.5. The highest BCUT2D eigenvalue weighted by Crippen LogP contribution is 2.29. The van der Waals surface area contributed by atoms with E-state index in [1.165, 1.54) is 0 Å². The standard InChI is InChI=1S/C10H13O3/c1-7(11)8-4-5-9(12-2)10(6-8)13-3/h4-7,11H,1H2,2-3H3. The lowest BCUT2D eigenvalue weighted by atomic mass is 10.1. The number of hydrogen-bond acceptors (Lipinski definition) is 3. The highest BCUT2D eigenvalue weighted by Gasteiger charge is 2.07. The van der Waals surface area contributed by atoms with Crippen LogP contribution in [0.4, 0.5) is 0 Å². The van der Waals surface area contributed by atoms with Gasteiger partial charge in [0.05, 0.1) is 20.3 Å². The van der Waals surface area contributed by atoms with Gasteiger partial charge in [0.1, 0.15) is 0 Å². The van der Waals surface area contributed by atoms with Gasteiger partial charge in [0.2, 0.25) is 0 Å².